The van der Waals surface area contributed by atoms with Crippen LogP contribution in [0.5, 0.6) is 0 Å². The van der Waals surface area contributed by atoms with Crippen LogP contribution in [0.1, 0.15) is 11.4 Å². The van der Waals surface area contributed by atoms with E-state index in [2.05, 4.69) is 10.2 Å². The Labute approximate surface area is 65.0 Å². The van der Waals surface area contributed by atoms with Gasteiger partial charge in [0.15, 0.2) is 0 Å². The SMILES string of the molecule is Cc1n[nH]c(C)c1Cl.Cl. The van der Waals surface area contributed by atoms with E-state index in [4.69, 9.17) is 11.6 Å². The average molecular weight is 167 g/mol. The van der Waals surface area contributed by atoms with Gasteiger partial charge in [0, 0.05) is 0 Å². The predicted octanol–water partition coefficient (Wildman–Crippen LogP) is 2.10. The summed E-state index contributed by atoms with van der Waals surface area (Å²) in [6.07, 6.45) is 0. The van der Waals surface area contributed by atoms with Crippen LogP contribution in [0.3, 0.4) is 0 Å². The van der Waals surface area contributed by atoms with Crippen molar-refractivity contribution in [2.45, 2.75) is 13.8 Å². The molecule has 0 saturated carbocycles. The second kappa shape index (κ2) is 3.08. The van der Waals surface area contributed by atoms with Crippen molar-refractivity contribution in [2.75, 3.05) is 0 Å². The summed E-state index contributed by atoms with van der Waals surface area (Å²) < 4.78 is 0. The summed E-state index contributed by atoms with van der Waals surface area (Å²) in [5.74, 6) is 0. The fourth-order valence-electron chi connectivity index (χ4n) is 0.537. The van der Waals surface area contributed by atoms with E-state index in [1.54, 1.807) is 0 Å². The minimum Gasteiger partial charge on any atom is -0.281 e. The molecule has 9 heavy (non-hydrogen) atoms. The van der Waals surface area contributed by atoms with Gasteiger partial charge in [-0.15, -0.1) is 12.4 Å². The van der Waals surface area contributed by atoms with E-state index in [9.17, 15) is 0 Å². The molecule has 1 aromatic heterocycles. The lowest BCUT2D eigenvalue weighted by Gasteiger charge is -1.80. The highest BCUT2D eigenvalue weighted by atomic mass is 35.5. The standard InChI is InChI=1S/C5H7ClN2.ClH/c1-3-5(6)4(2)8-7-3;/h1-2H3,(H,7,8);1H. The maximum absolute atomic E-state index is 5.70. The van der Waals surface area contributed by atoms with Crippen molar-refractivity contribution < 1.29 is 0 Å². The van der Waals surface area contributed by atoms with Crippen molar-refractivity contribution in [2.24, 2.45) is 0 Å². The zero-order valence-electron chi connectivity index (χ0n) is 5.23. The monoisotopic (exact) mass is 166 g/mol. The van der Waals surface area contributed by atoms with Crippen molar-refractivity contribution in [1.82, 2.24) is 10.2 Å². The van der Waals surface area contributed by atoms with E-state index in [1.165, 1.54) is 0 Å². The van der Waals surface area contributed by atoms with E-state index < -0.39 is 0 Å². The molecule has 0 spiro atoms. The number of nitrogens with one attached hydrogen (secondary N) is 1. The molecule has 0 atom stereocenters. The van der Waals surface area contributed by atoms with Crippen LogP contribution in [-0.4, -0.2) is 10.2 Å². The van der Waals surface area contributed by atoms with Gasteiger partial charge in [-0.1, -0.05) is 11.6 Å². The molecule has 4 heteroatoms. The molecule has 0 amide bonds. The first-order chi connectivity index (χ1) is 3.72. The number of aryl methyl sites for hydroxylation is 2. The van der Waals surface area contributed by atoms with Crippen LogP contribution in [0.25, 0.3) is 0 Å². The van der Waals surface area contributed by atoms with Gasteiger partial charge in [0.1, 0.15) is 0 Å². The average Bonchev–Trinajstić information content (AvgIpc) is 1.98. The summed E-state index contributed by atoms with van der Waals surface area (Å²) in [7, 11) is 0. The van der Waals surface area contributed by atoms with E-state index in [0.717, 1.165) is 16.4 Å². The second-order valence-electron chi connectivity index (χ2n) is 1.75. The minimum absolute atomic E-state index is 0. The molecular formula is C5H8Cl2N2. The maximum Gasteiger partial charge on any atom is 0.0841 e. The number of H-pyrrole nitrogens is 1. The second-order valence-corrected chi connectivity index (χ2v) is 2.13. The molecule has 0 saturated heterocycles. The molecule has 1 aromatic rings. The quantitative estimate of drug-likeness (QED) is 0.629. The third-order valence-corrected chi connectivity index (χ3v) is 1.60. The van der Waals surface area contributed by atoms with Gasteiger partial charge in [0.2, 0.25) is 0 Å². The van der Waals surface area contributed by atoms with Gasteiger partial charge in [0.25, 0.3) is 0 Å². The molecular weight excluding hydrogens is 159 g/mol. The number of hydrogen-bond donors (Lipinski definition) is 1. The zero-order valence-corrected chi connectivity index (χ0v) is 6.81. The van der Waals surface area contributed by atoms with Crippen molar-refractivity contribution in [3.63, 3.8) is 0 Å². The molecule has 0 unspecified atom stereocenters. The van der Waals surface area contributed by atoms with Crippen molar-refractivity contribution in [1.29, 1.82) is 0 Å². The van der Waals surface area contributed by atoms with Crippen LogP contribution in [0.15, 0.2) is 0 Å². The van der Waals surface area contributed by atoms with Gasteiger partial charge in [-0.25, -0.2) is 0 Å². The van der Waals surface area contributed by atoms with Gasteiger partial charge in [-0.05, 0) is 13.8 Å². The largest absolute Gasteiger partial charge is 0.281 e. The Bertz CT molecular complexity index is 175. The topological polar surface area (TPSA) is 28.7 Å². The van der Waals surface area contributed by atoms with Gasteiger partial charge in [-0.3, -0.25) is 5.10 Å². The van der Waals surface area contributed by atoms with Crippen LogP contribution < -0.4 is 0 Å². The van der Waals surface area contributed by atoms with E-state index in [1.807, 2.05) is 13.8 Å². The van der Waals surface area contributed by atoms with Crippen LogP contribution in [0, 0.1) is 13.8 Å². The Morgan fingerprint density at radius 3 is 2.11 bits per heavy atom. The summed E-state index contributed by atoms with van der Waals surface area (Å²) in [5, 5.41) is 7.35. The van der Waals surface area contributed by atoms with Crippen LogP contribution >= 0.6 is 24.0 Å². The van der Waals surface area contributed by atoms with E-state index in [0.29, 0.717) is 0 Å². The van der Waals surface area contributed by atoms with Gasteiger partial charge in [0.05, 0.1) is 16.4 Å². The van der Waals surface area contributed by atoms with Crippen molar-refractivity contribution in [3.8, 4) is 0 Å². The number of hydrogen-bond acceptors (Lipinski definition) is 1. The first kappa shape index (κ1) is 8.79. The lowest BCUT2D eigenvalue weighted by molar-refractivity contribution is 1.02. The normalized spacial score (nSPS) is 8.78. The summed E-state index contributed by atoms with van der Waals surface area (Å²) in [4.78, 5) is 0. The predicted molar refractivity (Wildman–Crippen MR) is 40.3 cm³/mol. The molecule has 0 aliphatic carbocycles. The highest BCUT2D eigenvalue weighted by Gasteiger charge is 1.99. The Morgan fingerprint density at radius 1 is 1.44 bits per heavy atom. The molecule has 1 heterocycles. The maximum atomic E-state index is 5.70. The molecule has 52 valence electrons. The number of nitrogens with zero attached hydrogens (tertiary/aromatic N) is 1. The van der Waals surface area contributed by atoms with Gasteiger partial charge < -0.3 is 0 Å². The van der Waals surface area contributed by atoms with Crippen molar-refractivity contribution >= 4 is 24.0 Å². The third-order valence-electron chi connectivity index (χ3n) is 1.04. The Kier molecular flexibility index (Phi) is 3.01. The molecule has 0 fully saturated rings. The Balaban J connectivity index is 0.000000640. The highest BCUT2D eigenvalue weighted by Crippen LogP contribution is 2.14. The summed E-state index contributed by atoms with van der Waals surface area (Å²) in [5.41, 5.74) is 1.80. The molecule has 2 nitrogen and oxygen atoms in total. The first-order valence-corrected chi connectivity index (χ1v) is 2.76. The molecule has 0 bridgehead atoms. The fraction of sp³-hybridized carbons (Fsp3) is 0.400. The lowest BCUT2D eigenvalue weighted by atomic mass is 10.4. The van der Waals surface area contributed by atoms with Gasteiger partial charge in [-0.2, -0.15) is 5.10 Å². The first-order valence-electron chi connectivity index (χ1n) is 2.39. The highest BCUT2D eigenvalue weighted by molar-refractivity contribution is 6.31. The molecule has 0 aromatic carbocycles. The zero-order chi connectivity index (χ0) is 6.15. The molecule has 0 aliphatic rings. The van der Waals surface area contributed by atoms with Crippen LogP contribution in [0.2, 0.25) is 5.02 Å². The smallest absolute Gasteiger partial charge is 0.0841 e. The van der Waals surface area contributed by atoms with Crippen molar-refractivity contribution in [3.05, 3.63) is 16.4 Å². The minimum atomic E-state index is 0. The number of rotatable bonds is 0. The van der Waals surface area contributed by atoms with Gasteiger partial charge >= 0.3 is 0 Å². The Hall–Kier alpha value is -0.210. The summed E-state index contributed by atoms with van der Waals surface area (Å²) in [6.45, 7) is 3.76. The number of aromatic nitrogens is 2. The summed E-state index contributed by atoms with van der Waals surface area (Å²) in [6, 6.07) is 0. The van der Waals surface area contributed by atoms with Crippen LogP contribution in [0.4, 0.5) is 0 Å². The molecule has 0 radical (unpaired) electrons. The third kappa shape index (κ3) is 1.60. The molecule has 1 N–H and O–H groups in total. The Morgan fingerprint density at radius 2 is 2.00 bits per heavy atom. The number of aromatic amines is 1. The van der Waals surface area contributed by atoms with E-state index >= 15 is 0 Å². The fourth-order valence-corrected chi connectivity index (χ4v) is 0.622. The molecule has 0 aliphatic heterocycles. The molecule has 1 rings (SSSR count). The van der Waals surface area contributed by atoms with E-state index in [-0.39, 0.29) is 12.4 Å². The summed E-state index contributed by atoms with van der Waals surface area (Å²) >= 11 is 5.70. The lowest BCUT2D eigenvalue weighted by Crippen LogP contribution is -1.68. The number of halogens is 2. The van der Waals surface area contributed by atoms with Crippen LogP contribution in [-0.2, 0) is 0 Å².